The molecule has 0 saturated carbocycles. The average Bonchev–Trinajstić information content (AvgIpc) is 3.57. The molecule has 0 radical (unpaired) electrons. The minimum Gasteiger partial charge on any atom is -0.457 e. The van der Waals surface area contributed by atoms with Gasteiger partial charge >= 0.3 is 0 Å². The third-order valence-corrected chi connectivity index (χ3v) is 8.45. The molecule has 0 spiro atoms. The summed E-state index contributed by atoms with van der Waals surface area (Å²) in [5.74, 6) is -0.0526. The van der Waals surface area contributed by atoms with Gasteiger partial charge in [-0.1, -0.05) is 41.7 Å². The summed E-state index contributed by atoms with van der Waals surface area (Å²) in [6, 6.07) is 21.5. The number of fused-ring (bicyclic) bond motifs is 1. The van der Waals surface area contributed by atoms with Crippen LogP contribution in [-0.2, 0) is 4.79 Å². The van der Waals surface area contributed by atoms with E-state index in [1.165, 1.54) is 28.8 Å². The van der Waals surface area contributed by atoms with Gasteiger partial charge in [-0.25, -0.2) is 9.38 Å². The van der Waals surface area contributed by atoms with Crippen LogP contribution in [0.25, 0.3) is 17.4 Å². The zero-order chi connectivity index (χ0) is 30.2. The molecular weight excluding hydrogens is 639 g/mol. The number of rotatable bonds is 6. The van der Waals surface area contributed by atoms with Crippen LogP contribution in [-0.4, -0.2) is 15.4 Å². The van der Waals surface area contributed by atoms with E-state index < -0.39 is 28.2 Å². The van der Waals surface area contributed by atoms with Crippen molar-refractivity contribution in [1.82, 2.24) is 4.57 Å². The van der Waals surface area contributed by atoms with Gasteiger partial charge < -0.3 is 9.73 Å². The number of hydrogen-bond acceptors (Lipinski definition) is 7. The lowest BCUT2D eigenvalue weighted by molar-refractivity contribution is -0.384. The Morgan fingerprint density at radius 3 is 2.56 bits per heavy atom. The number of carbonyl (C=O) groups is 1. The van der Waals surface area contributed by atoms with E-state index in [-0.39, 0.29) is 11.3 Å². The van der Waals surface area contributed by atoms with Gasteiger partial charge in [0, 0.05) is 33.9 Å². The lowest BCUT2D eigenvalue weighted by atomic mass is 9.95. The van der Waals surface area contributed by atoms with E-state index in [1.54, 1.807) is 67.6 Å². The number of furan rings is 1. The van der Waals surface area contributed by atoms with E-state index in [9.17, 15) is 24.1 Å². The molecular formula is C31H20BrFN4O5S. The lowest BCUT2D eigenvalue weighted by Crippen LogP contribution is -2.40. The van der Waals surface area contributed by atoms with Crippen molar-refractivity contribution in [2.45, 2.75) is 13.0 Å². The van der Waals surface area contributed by atoms with E-state index in [0.29, 0.717) is 47.8 Å². The van der Waals surface area contributed by atoms with Crippen molar-refractivity contribution >= 4 is 50.6 Å². The lowest BCUT2D eigenvalue weighted by Gasteiger charge is -2.25. The Bertz CT molecular complexity index is 2120. The number of allylic oxidation sites excluding steroid dienone is 1. The Morgan fingerprint density at radius 2 is 1.86 bits per heavy atom. The number of non-ortho nitro benzene ring substituents is 1. The Morgan fingerprint density at radius 1 is 1.12 bits per heavy atom. The maximum Gasteiger partial charge on any atom is 0.271 e. The highest BCUT2D eigenvalue weighted by atomic mass is 79.9. The van der Waals surface area contributed by atoms with Crippen LogP contribution >= 0.6 is 27.3 Å². The summed E-state index contributed by atoms with van der Waals surface area (Å²) in [7, 11) is 0. The number of benzene rings is 3. The molecule has 43 heavy (non-hydrogen) atoms. The highest BCUT2D eigenvalue weighted by molar-refractivity contribution is 9.10. The Kier molecular flexibility index (Phi) is 7.46. The van der Waals surface area contributed by atoms with E-state index >= 15 is 0 Å². The maximum absolute atomic E-state index is 13.9. The first-order valence-corrected chi connectivity index (χ1v) is 14.5. The summed E-state index contributed by atoms with van der Waals surface area (Å²) in [5.41, 5.74) is 1.96. The number of nitrogens with one attached hydrogen (secondary N) is 1. The van der Waals surface area contributed by atoms with Gasteiger partial charge in [0.25, 0.3) is 17.2 Å². The second-order valence-electron chi connectivity index (χ2n) is 9.58. The minimum atomic E-state index is -0.856. The molecule has 1 N–H and O–H groups in total. The van der Waals surface area contributed by atoms with Crippen molar-refractivity contribution in [2.75, 3.05) is 5.32 Å². The molecule has 214 valence electrons. The molecule has 1 aliphatic rings. The first kappa shape index (κ1) is 28.2. The van der Waals surface area contributed by atoms with Crippen LogP contribution in [0.15, 0.2) is 115 Å². The zero-order valence-corrected chi connectivity index (χ0v) is 24.7. The smallest absolute Gasteiger partial charge is 0.271 e. The molecule has 1 unspecified atom stereocenters. The van der Waals surface area contributed by atoms with Crippen LogP contribution in [0.1, 0.15) is 24.3 Å². The number of para-hydroxylation sites is 1. The van der Waals surface area contributed by atoms with Gasteiger partial charge in [0.05, 0.1) is 26.8 Å². The molecule has 12 heteroatoms. The number of amides is 1. The summed E-state index contributed by atoms with van der Waals surface area (Å²) >= 11 is 4.49. The Labute approximate surface area is 255 Å². The standard InChI is InChI=1S/C31H20BrFN4O5S/c1-17-27(29(38)35-20-5-3-2-4-6-20)28(18-7-9-19(33)10-8-18)36-30(39)26(43-31(36)34-17)16-22-12-14-25(42-22)23-13-11-21(37(40)41)15-24(23)32/h2-16,28H,1H3,(H,35,38)/b26-16+. The largest absolute Gasteiger partial charge is 0.457 e. The molecule has 0 aliphatic carbocycles. The summed E-state index contributed by atoms with van der Waals surface area (Å²) < 4.78 is 22.1. The maximum atomic E-state index is 13.9. The molecule has 1 aliphatic heterocycles. The molecule has 1 atom stereocenters. The van der Waals surface area contributed by atoms with Gasteiger partial charge in [-0.2, -0.15) is 0 Å². The highest BCUT2D eigenvalue weighted by Gasteiger charge is 2.32. The van der Waals surface area contributed by atoms with Crippen LogP contribution in [0.2, 0.25) is 0 Å². The molecule has 0 fully saturated rings. The van der Waals surface area contributed by atoms with Crippen molar-refractivity contribution in [3.05, 3.63) is 148 Å². The first-order valence-electron chi connectivity index (χ1n) is 12.9. The van der Waals surface area contributed by atoms with Gasteiger partial charge in [0.2, 0.25) is 0 Å². The topological polar surface area (TPSA) is 120 Å². The fourth-order valence-corrected chi connectivity index (χ4v) is 6.40. The van der Waals surface area contributed by atoms with Gasteiger partial charge in [0.1, 0.15) is 17.3 Å². The third kappa shape index (κ3) is 5.49. The van der Waals surface area contributed by atoms with Crippen molar-refractivity contribution in [3.63, 3.8) is 0 Å². The van der Waals surface area contributed by atoms with Crippen molar-refractivity contribution in [3.8, 4) is 11.3 Å². The Hall–Kier alpha value is -4.94. The first-order chi connectivity index (χ1) is 20.7. The molecule has 2 aromatic heterocycles. The second kappa shape index (κ2) is 11.4. The van der Waals surface area contributed by atoms with Crippen LogP contribution < -0.4 is 20.2 Å². The number of anilines is 1. The van der Waals surface area contributed by atoms with E-state index in [0.717, 1.165) is 11.3 Å². The summed E-state index contributed by atoms with van der Waals surface area (Å²) in [6.45, 7) is 1.70. The van der Waals surface area contributed by atoms with Crippen molar-refractivity contribution in [2.24, 2.45) is 4.99 Å². The summed E-state index contributed by atoms with van der Waals surface area (Å²) in [4.78, 5) is 43.1. The summed E-state index contributed by atoms with van der Waals surface area (Å²) in [6.07, 6.45) is 1.58. The predicted molar refractivity (Wildman–Crippen MR) is 164 cm³/mol. The zero-order valence-electron chi connectivity index (χ0n) is 22.3. The molecule has 3 aromatic carbocycles. The number of thiazole rings is 1. The molecule has 0 saturated heterocycles. The number of hydrogen-bond donors (Lipinski definition) is 1. The fourth-order valence-electron chi connectivity index (χ4n) is 4.81. The third-order valence-electron chi connectivity index (χ3n) is 6.81. The van der Waals surface area contributed by atoms with E-state index in [1.807, 2.05) is 6.07 Å². The van der Waals surface area contributed by atoms with Gasteiger partial charge in [-0.3, -0.25) is 24.3 Å². The number of aromatic nitrogens is 1. The van der Waals surface area contributed by atoms with Crippen LogP contribution in [0.5, 0.6) is 0 Å². The molecule has 9 nitrogen and oxygen atoms in total. The number of halogens is 2. The monoisotopic (exact) mass is 658 g/mol. The summed E-state index contributed by atoms with van der Waals surface area (Å²) in [5, 5.41) is 14.0. The fraction of sp³-hybridized carbons (Fsp3) is 0.0645. The van der Waals surface area contributed by atoms with Gasteiger partial charge in [-0.15, -0.1) is 0 Å². The van der Waals surface area contributed by atoms with Gasteiger partial charge in [0.15, 0.2) is 4.80 Å². The average molecular weight is 659 g/mol. The molecule has 5 aromatic rings. The van der Waals surface area contributed by atoms with Crippen molar-refractivity contribution in [1.29, 1.82) is 0 Å². The van der Waals surface area contributed by atoms with Crippen LogP contribution in [0, 0.1) is 15.9 Å². The highest BCUT2D eigenvalue weighted by Crippen LogP contribution is 2.33. The second-order valence-corrected chi connectivity index (χ2v) is 11.4. The number of nitro benzene ring substituents is 1. The van der Waals surface area contributed by atoms with Crippen LogP contribution in [0.4, 0.5) is 15.8 Å². The SMILES string of the molecule is CC1=C(C(=O)Nc2ccccc2)C(c2ccc(F)cc2)n2c(s/c(=C/c3ccc(-c4ccc([N+](=O)[O-])cc4Br)o3)c2=O)=N1. The molecule has 1 amide bonds. The van der Waals surface area contributed by atoms with Crippen molar-refractivity contribution < 1.29 is 18.5 Å². The molecule has 6 rings (SSSR count). The quantitative estimate of drug-likeness (QED) is 0.179. The normalized spacial score (nSPS) is 14.8. The van der Waals surface area contributed by atoms with E-state index in [4.69, 9.17) is 4.42 Å². The van der Waals surface area contributed by atoms with Gasteiger partial charge in [-0.05, 0) is 70.9 Å². The molecule has 3 heterocycles. The number of nitro groups is 1. The minimum absolute atomic E-state index is 0.0636. The van der Waals surface area contributed by atoms with Crippen LogP contribution in [0.3, 0.4) is 0 Å². The number of carbonyl (C=O) groups excluding carboxylic acids is 1. The van der Waals surface area contributed by atoms with E-state index in [2.05, 4.69) is 26.2 Å². The molecule has 0 bridgehead atoms. The number of nitrogens with zero attached hydrogens (tertiary/aromatic N) is 3. The Balaban J connectivity index is 1.43. The predicted octanol–water partition coefficient (Wildman–Crippen LogP) is 5.94.